The van der Waals surface area contributed by atoms with Gasteiger partial charge in [0, 0.05) is 0 Å². The molecule has 4 rings (SSSR count). The van der Waals surface area contributed by atoms with E-state index in [4.69, 9.17) is 4.74 Å². The number of fused-ring (bicyclic) bond motifs is 5. The molecule has 0 N–H and O–H groups in total. The fraction of sp³-hybridized carbons (Fsp3) is 0.933. The van der Waals surface area contributed by atoms with Crippen LogP contribution in [0, 0.1) is 46.3 Å². The van der Waals surface area contributed by atoms with E-state index < -0.39 is 0 Å². The van der Waals surface area contributed by atoms with Crippen LogP contribution in [0.15, 0.2) is 11.6 Å². The second kappa shape index (κ2) is 9.15. The maximum absolute atomic E-state index is 6.25. The Morgan fingerprint density at radius 1 is 0.935 bits per heavy atom. The van der Waals surface area contributed by atoms with Crippen LogP contribution in [-0.4, -0.2) is 12.2 Å². The molecule has 31 heavy (non-hydrogen) atoms. The Hall–Kier alpha value is -0.300. The van der Waals surface area contributed by atoms with Gasteiger partial charge < -0.3 is 4.74 Å². The molecule has 1 heteroatoms. The highest BCUT2D eigenvalue weighted by Gasteiger charge is 2.59. The van der Waals surface area contributed by atoms with Crippen molar-refractivity contribution in [2.75, 3.05) is 0 Å². The third-order valence-electron chi connectivity index (χ3n) is 10.7. The largest absolute Gasteiger partial charge is 0.375 e. The molecule has 8 atom stereocenters. The minimum Gasteiger partial charge on any atom is -0.375 e. The second-order valence-electron chi connectivity index (χ2n) is 13.3. The summed E-state index contributed by atoms with van der Waals surface area (Å²) in [5.74, 6) is 5.60. The zero-order valence-electron chi connectivity index (χ0n) is 21.9. The first kappa shape index (κ1) is 23.8. The van der Waals surface area contributed by atoms with Crippen LogP contribution in [-0.2, 0) is 4.74 Å². The Morgan fingerprint density at radius 3 is 2.42 bits per heavy atom. The van der Waals surface area contributed by atoms with Gasteiger partial charge in [-0.3, -0.25) is 0 Å². The topological polar surface area (TPSA) is 9.23 Å². The summed E-state index contributed by atoms with van der Waals surface area (Å²) in [5, 5.41) is 0. The molecule has 178 valence electrons. The van der Waals surface area contributed by atoms with E-state index in [9.17, 15) is 0 Å². The first-order chi connectivity index (χ1) is 14.6. The number of hydrogen-bond donors (Lipinski definition) is 0. The first-order valence-electron chi connectivity index (χ1n) is 14.0. The van der Waals surface area contributed by atoms with Crippen molar-refractivity contribution in [2.45, 2.75) is 131 Å². The van der Waals surface area contributed by atoms with Crippen molar-refractivity contribution in [3.63, 3.8) is 0 Å². The third kappa shape index (κ3) is 4.43. The van der Waals surface area contributed by atoms with Gasteiger partial charge >= 0.3 is 0 Å². The van der Waals surface area contributed by atoms with E-state index in [1.165, 1.54) is 70.6 Å². The first-order valence-corrected chi connectivity index (χ1v) is 14.0. The number of rotatable bonds is 7. The van der Waals surface area contributed by atoms with Crippen LogP contribution in [0.1, 0.15) is 119 Å². The SMILES string of the molecule is CC(C)CCC[C@@H](C)C1CCC2C3CC=C4C[C@@H](OC(C)C)CC[C@]4(C)C3CC[C@@]21C. The average molecular weight is 429 g/mol. The van der Waals surface area contributed by atoms with Crippen molar-refractivity contribution in [1.82, 2.24) is 0 Å². The molecule has 0 saturated heterocycles. The van der Waals surface area contributed by atoms with E-state index in [0.717, 1.165) is 35.5 Å². The van der Waals surface area contributed by atoms with Gasteiger partial charge in [-0.15, -0.1) is 0 Å². The monoisotopic (exact) mass is 428 g/mol. The summed E-state index contributed by atoms with van der Waals surface area (Å²) < 4.78 is 6.25. The molecule has 4 unspecified atom stereocenters. The molecule has 1 nitrogen and oxygen atoms in total. The summed E-state index contributed by atoms with van der Waals surface area (Å²) in [7, 11) is 0. The molecule has 0 amide bonds. The summed E-state index contributed by atoms with van der Waals surface area (Å²) in [6.45, 7) is 17.1. The molecule has 0 aromatic carbocycles. The van der Waals surface area contributed by atoms with Gasteiger partial charge in [0.1, 0.15) is 0 Å². The van der Waals surface area contributed by atoms with Crippen molar-refractivity contribution in [2.24, 2.45) is 46.3 Å². The lowest BCUT2D eigenvalue weighted by Gasteiger charge is -2.58. The van der Waals surface area contributed by atoms with Crippen LogP contribution in [0.2, 0.25) is 0 Å². The normalized spacial score (nSPS) is 43.4. The van der Waals surface area contributed by atoms with Crippen LogP contribution in [0.4, 0.5) is 0 Å². The smallest absolute Gasteiger partial charge is 0.0616 e. The highest BCUT2D eigenvalue weighted by atomic mass is 16.5. The lowest BCUT2D eigenvalue weighted by molar-refractivity contribution is -0.0707. The molecule has 3 fully saturated rings. The lowest BCUT2D eigenvalue weighted by atomic mass is 9.47. The molecule has 0 aromatic rings. The number of ether oxygens (including phenoxy) is 1. The minimum absolute atomic E-state index is 0.361. The van der Waals surface area contributed by atoms with Gasteiger partial charge in [0.2, 0.25) is 0 Å². The van der Waals surface area contributed by atoms with Gasteiger partial charge in [0.15, 0.2) is 0 Å². The quantitative estimate of drug-likeness (QED) is 0.368. The lowest BCUT2D eigenvalue weighted by Crippen LogP contribution is -2.51. The van der Waals surface area contributed by atoms with E-state index in [-0.39, 0.29) is 0 Å². The summed E-state index contributed by atoms with van der Waals surface area (Å²) in [5.41, 5.74) is 2.84. The average Bonchev–Trinajstić information content (AvgIpc) is 3.05. The molecule has 4 aliphatic rings. The zero-order valence-corrected chi connectivity index (χ0v) is 21.9. The van der Waals surface area contributed by atoms with E-state index in [1.807, 2.05) is 0 Å². The Morgan fingerprint density at radius 2 is 1.71 bits per heavy atom. The third-order valence-corrected chi connectivity index (χ3v) is 10.7. The van der Waals surface area contributed by atoms with Crippen molar-refractivity contribution >= 4 is 0 Å². The van der Waals surface area contributed by atoms with Crippen LogP contribution in [0.5, 0.6) is 0 Å². The summed E-state index contributed by atoms with van der Waals surface area (Å²) in [4.78, 5) is 0. The van der Waals surface area contributed by atoms with Gasteiger partial charge in [0.05, 0.1) is 12.2 Å². The molecule has 0 bridgehead atoms. The maximum atomic E-state index is 6.25. The molecule has 0 spiro atoms. The van der Waals surface area contributed by atoms with E-state index >= 15 is 0 Å². The molecule has 0 aliphatic heterocycles. The Bertz CT molecular complexity index is 647. The number of hydrogen-bond acceptors (Lipinski definition) is 1. The fourth-order valence-electron chi connectivity index (χ4n) is 9.15. The van der Waals surface area contributed by atoms with Crippen molar-refractivity contribution in [3.05, 3.63) is 11.6 Å². The summed E-state index contributed by atoms with van der Waals surface area (Å²) in [6, 6.07) is 0. The standard InChI is InChI=1S/C30H52O/c1-20(2)9-8-10-22(5)26-13-14-27-25-12-11-23-19-24(31-21(3)4)15-17-29(23,6)28(25)16-18-30(26,27)7/h11,20-22,24-28H,8-10,12-19H2,1-7H3/t22-,24+,25?,26?,27?,28?,29+,30-/m1/s1. The fourth-order valence-corrected chi connectivity index (χ4v) is 9.15. The molecular formula is C30H52O. The van der Waals surface area contributed by atoms with Crippen LogP contribution < -0.4 is 0 Å². The van der Waals surface area contributed by atoms with Crippen molar-refractivity contribution in [1.29, 1.82) is 0 Å². The van der Waals surface area contributed by atoms with Gasteiger partial charge in [0.25, 0.3) is 0 Å². The molecule has 0 aromatic heterocycles. The second-order valence-corrected chi connectivity index (χ2v) is 13.3. The molecule has 0 radical (unpaired) electrons. The van der Waals surface area contributed by atoms with E-state index in [2.05, 4.69) is 54.5 Å². The van der Waals surface area contributed by atoms with Gasteiger partial charge in [-0.1, -0.05) is 65.5 Å². The highest BCUT2D eigenvalue weighted by Crippen LogP contribution is 2.67. The molecule has 4 aliphatic carbocycles. The van der Waals surface area contributed by atoms with Crippen LogP contribution in [0.25, 0.3) is 0 Å². The van der Waals surface area contributed by atoms with Gasteiger partial charge in [-0.2, -0.15) is 0 Å². The molecular weight excluding hydrogens is 376 g/mol. The number of allylic oxidation sites excluding steroid dienone is 1. The highest BCUT2D eigenvalue weighted by molar-refractivity contribution is 5.25. The minimum atomic E-state index is 0.361. The van der Waals surface area contributed by atoms with Crippen molar-refractivity contribution in [3.8, 4) is 0 Å². The Balaban J connectivity index is 1.46. The van der Waals surface area contributed by atoms with Gasteiger partial charge in [-0.05, 0) is 112 Å². The predicted molar refractivity (Wildman–Crippen MR) is 133 cm³/mol. The summed E-state index contributed by atoms with van der Waals surface area (Å²) in [6.07, 6.45) is 19.0. The Labute approximate surface area is 194 Å². The molecule has 3 saturated carbocycles. The summed E-state index contributed by atoms with van der Waals surface area (Å²) >= 11 is 0. The van der Waals surface area contributed by atoms with Crippen molar-refractivity contribution < 1.29 is 4.74 Å². The molecule has 0 heterocycles. The predicted octanol–water partition coefficient (Wildman–Crippen LogP) is 8.82. The van der Waals surface area contributed by atoms with E-state index in [1.54, 1.807) is 5.57 Å². The maximum Gasteiger partial charge on any atom is 0.0616 e. The Kier molecular flexibility index (Phi) is 7.04. The van der Waals surface area contributed by atoms with Crippen LogP contribution >= 0.6 is 0 Å². The van der Waals surface area contributed by atoms with Gasteiger partial charge in [-0.25, -0.2) is 0 Å². The van der Waals surface area contributed by atoms with Crippen LogP contribution in [0.3, 0.4) is 0 Å². The zero-order chi connectivity index (χ0) is 22.4. The van der Waals surface area contributed by atoms with E-state index in [0.29, 0.717) is 23.0 Å².